The number of urea groups is 1. The van der Waals surface area contributed by atoms with E-state index in [1.807, 2.05) is 17.0 Å². The van der Waals surface area contributed by atoms with Gasteiger partial charge in [-0.15, -0.1) is 0 Å². The van der Waals surface area contributed by atoms with Crippen molar-refractivity contribution in [2.24, 2.45) is 11.3 Å². The van der Waals surface area contributed by atoms with Gasteiger partial charge in [0.05, 0.1) is 12.1 Å². The van der Waals surface area contributed by atoms with E-state index in [0.29, 0.717) is 18.0 Å². The summed E-state index contributed by atoms with van der Waals surface area (Å²) in [5, 5.41) is 20.5. The molecule has 1 aliphatic heterocycles. The van der Waals surface area contributed by atoms with E-state index in [2.05, 4.69) is 51.8 Å². The van der Waals surface area contributed by atoms with Crippen molar-refractivity contribution in [3.63, 3.8) is 0 Å². The molecule has 2 aliphatic rings. The van der Waals surface area contributed by atoms with Crippen LogP contribution in [0, 0.1) is 11.3 Å². The number of carboxylic acids is 1. The Labute approximate surface area is 208 Å². The van der Waals surface area contributed by atoms with Crippen molar-refractivity contribution in [3.05, 3.63) is 35.4 Å². The molecule has 1 atom stereocenters. The number of benzene rings is 1. The van der Waals surface area contributed by atoms with Crippen LogP contribution in [0.15, 0.2) is 24.3 Å². The van der Waals surface area contributed by atoms with E-state index >= 15 is 0 Å². The molecule has 194 valence electrons. The predicted molar refractivity (Wildman–Crippen MR) is 134 cm³/mol. The molecule has 3 rings (SSSR count). The van der Waals surface area contributed by atoms with Gasteiger partial charge in [-0.2, -0.15) is 0 Å². The standard InChI is InChI=1S/C27H41N3O5/c1-25(2,3)20-11-13-27(14-12-20)17-30(26(4,5)6)24(35)29(27)16-18-7-9-19(10-8-18)22(32)28-15-21(31)23(33)34/h7-10,20-21,31H,11-17H2,1-6H3,(H,28,32)(H,33,34). The molecule has 1 unspecified atom stereocenters. The number of amides is 3. The first-order chi connectivity index (χ1) is 16.1. The maximum atomic E-state index is 13.6. The molecule has 1 aliphatic carbocycles. The molecule has 8 nitrogen and oxygen atoms in total. The lowest BCUT2D eigenvalue weighted by atomic mass is 9.67. The molecule has 0 bridgehead atoms. The van der Waals surface area contributed by atoms with Crippen molar-refractivity contribution in [1.29, 1.82) is 0 Å². The molecule has 0 aromatic heterocycles. The number of hydrogen-bond donors (Lipinski definition) is 3. The van der Waals surface area contributed by atoms with Crippen LogP contribution < -0.4 is 5.32 Å². The Morgan fingerprint density at radius 3 is 2.14 bits per heavy atom. The molecule has 1 saturated heterocycles. The minimum absolute atomic E-state index is 0.0659. The van der Waals surface area contributed by atoms with E-state index in [4.69, 9.17) is 5.11 Å². The monoisotopic (exact) mass is 487 g/mol. The fourth-order valence-corrected chi connectivity index (χ4v) is 5.33. The van der Waals surface area contributed by atoms with E-state index < -0.39 is 18.0 Å². The number of carbonyl (C=O) groups is 3. The van der Waals surface area contributed by atoms with Gasteiger partial charge in [-0.05, 0) is 75.5 Å². The number of carbonyl (C=O) groups excluding carboxylic acids is 2. The highest BCUT2D eigenvalue weighted by molar-refractivity contribution is 5.94. The molecule has 2 fully saturated rings. The fourth-order valence-electron chi connectivity index (χ4n) is 5.33. The lowest BCUT2D eigenvalue weighted by Crippen LogP contribution is -2.50. The summed E-state index contributed by atoms with van der Waals surface area (Å²) in [6.07, 6.45) is 2.54. The maximum Gasteiger partial charge on any atom is 0.334 e. The van der Waals surface area contributed by atoms with Crippen LogP contribution in [-0.4, -0.2) is 68.2 Å². The molecule has 1 heterocycles. The summed E-state index contributed by atoms with van der Waals surface area (Å²) < 4.78 is 0. The Morgan fingerprint density at radius 1 is 1.09 bits per heavy atom. The zero-order valence-corrected chi connectivity index (χ0v) is 21.9. The number of nitrogens with one attached hydrogen (secondary N) is 1. The molecule has 3 N–H and O–H groups in total. The molecule has 8 heteroatoms. The third kappa shape index (κ3) is 5.97. The Kier molecular flexibility index (Phi) is 7.56. The van der Waals surface area contributed by atoms with E-state index in [1.54, 1.807) is 12.1 Å². The first-order valence-electron chi connectivity index (χ1n) is 12.5. The van der Waals surface area contributed by atoms with Crippen molar-refractivity contribution >= 4 is 17.9 Å². The molecular formula is C27H41N3O5. The van der Waals surface area contributed by atoms with Crippen molar-refractivity contribution in [2.75, 3.05) is 13.1 Å². The normalized spacial score (nSPS) is 24.1. The van der Waals surface area contributed by atoms with Crippen molar-refractivity contribution in [2.45, 2.75) is 91.0 Å². The van der Waals surface area contributed by atoms with Crippen molar-refractivity contribution < 1.29 is 24.6 Å². The van der Waals surface area contributed by atoms with Crippen molar-refractivity contribution in [3.8, 4) is 0 Å². The van der Waals surface area contributed by atoms with Crippen LogP contribution in [0.25, 0.3) is 0 Å². The highest BCUT2D eigenvalue weighted by atomic mass is 16.4. The summed E-state index contributed by atoms with van der Waals surface area (Å²) in [6, 6.07) is 7.08. The van der Waals surface area contributed by atoms with Crippen LogP contribution in [0.5, 0.6) is 0 Å². The van der Waals surface area contributed by atoms with Gasteiger partial charge in [0.25, 0.3) is 5.91 Å². The second kappa shape index (κ2) is 9.80. The SMILES string of the molecule is CC(C)(C)C1CCC2(CC1)CN(C(C)(C)C)C(=O)N2Cc1ccc(C(=O)NCC(O)C(=O)O)cc1. The summed E-state index contributed by atoms with van der Waals surface area (Å²) in [4.78, 5) is 40.7. The van der Waals surface area contributed by atoms with Gasteiger partial charge in [0.15, 0.2) is 6.10 Å². The van der Waals surface area contributed by atoms with Crippen LogP contribution in [0.4, 0.5) is 4.79 Å². The van der Waals surface area contributed by atoms with Gasteiger partial charge in [-0.3, -0.25) is 4.79 Å². The van der Waals surface area contributed by atoms with Gasteiger partial charge in [0.2, 0.25) is 0 Å². The average Bonchev–Trinajstić information content (AvgIpc) is 3.03. The number of hydrogen-bond acceptors (Lipinski definition) is 4. The smallest absolute Gasteiger partial charge is 0.334 e. The Morgan fingerprint density at radius 2 is 1.66 bits per heavy atom. The number of aliphatic carboxylic acids is 1. The Hall–Kier alpha value is -2.61. The predicted octanol–water partition coefficient (Wildman–Crippen LogP) is 3.87. The fraction of sp³-hybridized carbons (Fsp3) is 0.667. The van der Waals surface area contributed by atoms with Gasteiger partial charge >= 0.3 is 12.0 Å². The zero-order chi connectivity index (χ0) is 26.2. The third-order valence-electron chi connectivity index (χ3n) is 7.74. The lowest BCUT2D eigenvalue weighted by molar-refractivity contribution is -0.146. The molecule has 3 amide bonds. The zero-order valence-electron chi connectivity index (χ0n) is 21.9. The van der Waals surface area contributed by atoms with Crippen LogP contribution in [0.3, 0.4) is 0 Å². The second-order valence-electron chi connectivity index (χ2n) is 12.3. The molecule has 1 saturated carbocycles. The highest BCUT2D eigenvalue weighted by Crippen LogP contribution is 2.47. The minimum Gasteiger partial charge on any atom is -0.479 e. The third-order valence-corrected chi connectivity index (χ3v) is 7.74. The number of rotatable bonds is 6. The number of aliphatic hydroxyl groups is 1. The van der Waals surface area contributed by atoms with Gasteiger partial charge < -0.3 is 25.3 Å². The van der Waals surface area contributed by atoms with Crippen molar-refractivity contribution in [1.82, 2.24) is 15.1 Å². The van der Waals surface area contributed by atoms with E-state index in [1.165, 1.54) is 0 Å². The van der Waals surface area contributed by atoms with Crippen LogP contribution >= 0.6 is 0 Å². The van der Waals surface area contributed by atoms with E-state index in [0.717, 1.165) is 37.8 Å². The Bertz CT molecular complexity index is 937. The van der Waals surface area contributed by atoms with Gasteiger partial charge in [0.1, 0.15) is 0 Å². The summed E-state index contributed by atoms with van der Waals surface area (Å²) in [5.74, 6) is -1.19. The molecule has 0 radical (unpaired) electrons. The lowest BCUT2D eigenvalue weighted by Gasteiger charge is -2.46. The number of aliphatic hydroxyl groups excluding tert-OH is 1. The van der Waals surface area contributed by atoms with E-state index in [9.17, 15) is 19.5 Å². The molecule has 1 spiro atoms. The highest BCUT2D eigenvalue weighted by Gasteiger charge is 2.53. The Balaban J connectivity index is 1.75. The summed E-state index contributed by atoms with van der Waals surface area (Å²) in [5.41, 5.74) is 1.12. The number of carboxylic acid groups (broad SMARTS) is 1. The van der Waals surface area contributed by atoms with Gasteiger partial charge in [-0.1, -0.05) is 32.9 Å². The van der Waals surface area contributed by atoms with Crippen LogP contribution in [0.1, 0.15) is 83.1 Å². The average molecular weight is 488 g/mol. The molecule has 35 heavy (non-hydrogen) atoms. The summed E-state index contributed by atoms with van der Waals surface area (Å²) >= 11 is 0. The first kappa shape index (κ1) is 27.0. The second-order valence-corrected chi connectivity index (χ2v) is 12.3. The van der Waals surface area contributed by atoms with E-state index in [-0.39, 0.29) is 29.1 Å². The molecule has 1 aromatic carbocycles. The molecule has 1 aromatic rings. The quantitative estimate of drug-likeness (QED) is 0.564. The largest absolute Gasteiger partial charge is 0.479 e. The minimum atomic E-state index is -1.64. The van der Waals surface area contributed by atoms with Gasteiger partial charge in [0, 0.05) is 24.2 Å². The summed E-state index contributed by atoms with van der Waals surface area (Å²) in [7, 11) is 0. The first-order valence-corrected chi connectivity index (χ1v) is 12.5. The van der Waals surface area contributed by atoms with Gasteiger partial charge in [-0.25, -0.2) is 9.59 Å². The number of nitrogens with zero attached hydrogens (tertiary/aromatic N) is 2. The maximum absolute atomic E-state index is 13.6. The topological polar surface area (TPSA) is 110 Å². The summed E-state index contributed by atoms with van der Waals surface area (Å²) in [6.45, 7) is 14.0. The van der Waals surface area contributed by atoms with Crippen LogP contribution in [-0.2, 0) is 11.3 Å². The van der Waals surface area contributed by atoms with Crippen LogP contribution in [0.2, 0.25) is 0 Å². The molecular weight excluding hydrogens is 446 g/mol.